The van der Waals surface area contributed by atoms with E-state index in [0.717, 1.165) is 17.2 Å². The van der Waals surface area contributed by atoms with E-state index in [4.69, 9.17) is 21.1 Å². The monoisotopic (exact) mass is 518 g/mol. The standard InChI is InChI=1S/C27H32ClFN2O5/c1-16-10-20(11-17(2)18(16)3)36-15-25(34)31-27-8-6-26(7-9-27,13-23(27)32)30-24(33)14-35-19-4-5-21(28)22(29)12-19/h4-5,10-12,23,32H,6-9,13-15H2,1-3H3,(H,30,33)(H,31,34)/t23-,26?,27?/m1/s1. The average molecular weight is 519 g/mol. The van der Waals surface area contributed by atoms with Gasteiger partial charge in [0.1, 0.15) is 17.3 Å². The number of aliphatic hydroxyl groups is 1. The Hall–Kier alpha value is -2.84. The quantitative estimate of drug-likeness (QED) is 0.492. The molecular weight excluding hydrogens is 487 g/mol. The number of benzene rings is 2. The molecule has 0 heterocycles. The Labute approximate surface area is 215 Å². The maximum Gasteiger partial charge on any atom is 0.258 e. The molecule has 0 radical (unpaired) electrons. The second-order valence-electron chi connectivity index (χ2n) is 10.1. The fourth-order valence-corrected chi connectivity index (χ4v) is 5.37. The third-order valence-corrected chi connectivity index (χ3v) is 7.95. The van der Waals surface area contributed by atoms with E-state index in [0.29, 0.717) is 37.9 Å². The lowest BCUT2D eigenvalue weighted by Crippen LogP contribution is -2.70. The molecule has 9 heteroatoms. The van der Waals surface area contributed by atoms with Crippen molar-refractivity contribution in [2.75, 3.05) is 13.2 Å². The van der Waals surface area contributed by atoms with Gasteiger partial charge < -0.3 is 25.2 Å². The van der Waals surface area contributed by atoms with Crippen LogP contribution in [-0.4, -0.2) is 47.3 Å². The molecule has 0 saturated heterocycles. The smallest absolute Gasteiger partial charge is 0.258 e. The predicted octanol–water partition coefficient (Wildman–Crippen LogP) is 3.91. The Morgan fingerprint density at radius 3 is 2.14 bits per heavy atom. The summed E-state index contributed by atoms with van der Waals surface area (Å²) in [6, 6.07) is 7.80. The zero-order valence-corrected chi connectivity index (χ0v) is 21.5. The number of ether oxygens (including phenoxy) is 2. The predicted molar refractivity (Wildman–Crippen MR) is 134 cm³/mol. The maximum absolute atomic E-state index is 13.6. The largest absolute Gasteiger partial charge is 0.484 e. The minimum Gasteiger partial charge on any atom is -0.484 e. The van der Waals surface area contributed by atoms with E-state index >= 15 is 0 Å². The van der Waals surface area contributed by atoms with E-state index in [1.54, 1.807) is 0 Å². The molecule has 2 amide bonds. The van der Waals surface area contributed by atoms with Crippen LogP contribution in [0.4, 0.5) is 4.39 Å². The number of hydrogen-bond donors (Lipinski definition) is 3. The van der Waals surface area contributed by atoms with Crippen LogP contribution in [0.1, 0.15) is 48.8 Å². The molecule has 194 valence electrons. The van der Waals surface area contributed by atoms with Crippen molar-refractivity contribution in [3.63, 3.8) is 0 Å². The van der Waals surface area contributed by atoms with E-state index in [2.05, 4.69) is 10.6 Å². The fraction of sp³-hybridized carbons (Fsp3) is 0.481. The summed E-state index contributed by atoms with van der Waals surface area (Å²) in [5.41, 5.74) is 2.10. The van der Waals surface area contributed by atoms with Gasteiger partial charge in [0, 0.05) is 11.6 Å². The molecule has 36 heavy (non-hydrogen) atoms. The first-order valence-electron chi connectivity index (χ1n) is 12.1. The highest BCUT2D eigenvalue weighted by Crippen LogP contribution is 2.47. The van der Waals surface area contributed by atoms with Crippen LogP contribution in [0.25, 0.3) is 0 Å². The third kappa shape index (κ3) is 5.60. The first kappa shape index (κ1) is 26.2. The topological polar surface area (TPSA) is 96.9 Å². The molecule has 0 aliphatic heterocycles. The Balaban J connectivity index is 1.28. The summed E-state index contributed by atoms with van der Waals surface area (Å²) in [7, 11) is 0. The normalized spacial score (nSPS) is 24.8. The van der Waals surface area contributed by atoms with Crippen LogP contribution in [0, 0.1) is 26.6 Å². The summed E-state index contributed by atoms with van der Waals surface area (Å²) in [6.07, 6.45) is 1.81. The molecular formula is C27H32ClFN2O5. The molecule has 3 fully saturated rings. The van der Waals surface area contributed by atoms with Crippen molar-refractivity contribution in [2.24, 2.45) is 0 Å². The minimum absolute atomic E-state index is 0.0217. The van der Waals surface area contributed by atoms with Crippen LogP contribution in [0.5, 0.6) is 11.5 Å². The highest BCUT2D eigenvalue weighted by Gasteiger charge is 2.55. The molecule has 2 bridgehead atoms. The molecule has 0 unspecified atom stereocenters. The van der Waals surface area contributed by atoms with Gasteiger partial charge in [0.05, 0.1) is 16.7 Å². The molecule has 2 aromatic rings. The van der Waals surface area contributed by atoms with Gasteiger partial charge in [-0.2, -0.15) is 0 Å². The Kier molecular flexibility index (Phi) is 7.48. The van der Waals surface area contributed by atoms with Gasteiger partial charge in [0.15, 0.2) is 13.2 Å². The summed E-state index contributed by atoms with van der Waals surface area (Å²) in [5, 5.41) is 16.9. The lowest BCUT2D eigenvalue weighted by Gasteiger charge is -2.56. The summed E-state index contributed by atoms with van der Waals surface area (Å²) in [5.74, 6) is -0.415. The zero-order valence-electron chi connectivity index (χ0n) is 20.7. The molecule has 0 spiro atoms. The van der Waals surface area contributed by atoms with Crippen LogP contribution in [0.3, 0.4) is 0 Å². The molecule has 2 aromatic carbocycles. The van der Waals surface area contributed by atoms with Gasteiger partial charge in [-0.15, -0.1) is 0 Å². The lowest BCUT2D eigenvalue weighted by molar-refractivity contribution is -0.137. The van der Waals surface area contributed by atoms with Gasteiger partial charge in [-0.25, -0.2) is 4.39 Å². The van der Waals surface area contributed by atoms with E-state index in [1.165, 1.54) is 17.7 Å². The van der Waals surface area contributed by atoms with Crippen molar-refractivity contribution in [3.05, 3.63) is 57.9 Å². The van der Waals surface area contributed by atoms with Crippen LogP contribution < -0.4 is 20.1 Å². The number of fused-ring (bicyclic) bond motifs is 3. The number of nitrogens with one attached hydrogen (secondary N) is 2. The number of aryl methyl sites for hydroxylation is 2. The summed E-state index contributed by atoms with van der Waals surface area (Å²) in [6.45, 7) is 5.63. The third-order valence-electron chi connectivity index (χ3n) is 7.65. The first-order chi connectivity index (χ1) is 17.0. The number of amides is 2. The maximum atomic E-state index is 13.6. The van der Waals surface area contributed by atoms with Gasteiger partial charge in [-0.3, -0.25) is 9.59 Å². The van der Waals surface area contributed by atoms with Crippen molar-refractivity contribution in [3.8, 4) is 11.5 Å². The van der Waals surface area contributed by atoms with Gasteiger partial charge in [0.25, 0.3) is 11.8 Å². The highest BCUT2D eigenvalue weighted by atomic mass is 35.5. The number of rotatable bonds is 8. The summed E-state index contributed by atoms with van der Waals surface area (Å²) >= 11 is 5.67. The highest BCUT2D eigenvalue weighted by molar-refractivity contribution is 6.30. The minimum atomic E-state index is -0.806. The molecule has 3 saturated carbocycles. The molecule has 5 rings (SSSR count). The molecule has 0 aromatic heterocycles. The van der Waals surface area contributed by atoms with Gasteiger partial charge in [-0.05, 0) is 93.8 Å². The molecule has 1 atom stereocenters. The van der Waals surface area contributed by atoms with Gasteiger partial charge in [-0.1, -0.05) is 11.6 Å². The fourth-order valence-electron chi connectivity index (χ4n) is 5.25. The average Bonchev–Trinajstić information content (AvgIpc) is 2.83. The first-order valence-corrected chi connectivity index (χ1v) is 12.5. The molecule has 3 aliphatic rings. The molecule has 3 aliphatic carbocycles. The van der Waals surface area contributed by atoms with Crippen molar-refractivity contribution in [1.82, 2.24) is 10.6 Å². The van der Waals surface area contributed by atoms with Gasteiger partial charge in [0.2, 0.25) is 0 Å². The van der Waals surface area contributed by atoms with Crippen LogP contribution >= 0.6 is 11.6 Å². The number of hydrogen-bond acceptors (Lipinski definition) is 5. The number of halogens is 2. The SMILES string of the molecule is Cc1cc(OCC(=O)NC23CCC(NC(=O)COc4ccc(Cl)c(F)c4)(CC2)C[C@H]3O)cc(C)c1C. The van der Waals surface area contributed by atoms with Crippen LogP contribution in [-0.2, 0) is 9.59 Å². The van der Waals surface area contributed by atoms with Crippen molar-refractivity contribution in [1.29, 1.82) is 0 Å². The number of aliphatic hydroxyl groups excluding tert-OH is 1. The van der Waals surface area contributed by atoms with E-state index in [1.807, 2.05) is 32.9 Å². The summed E-state index contributed by atoms with van der Waals surface area (Å²) in [4.78, 5) is 25.2. The number of carbonyl (C=O) groups is 2. The van der Waals surface area contributed by atoms with Gasteiger partial charge >= 0.3 is 0 Å². The summed E-state index contributed by atoms with van der Waals surface area (Å²) < 4.78 is 24.7. The second-order valence-corrected chi connectivity index (χ2v) is 10.5. The molecule has 3 N–H and O–H groups in total. The van der Waals surface area contributed by atoms with Crippen molar-refractivity contribution >= 4 is 23.4 Å². The second kappa shape index (κ2) is 10.3. The van der Waals surface area contributed by atoms with E-state index < -0.39 is 23.0 Å². The Morgan fingerprint density at radius 2 is 1.56 bits per heavy atom. The van der Waals surface area contributed by atoms with Crippen LogP contribution in [0.15, 0.2) is 30.3 Å². The van der Waals surface area contributed by atoms with Crippen molar-refractivity contribution in [2.45, 2.75) is 70.1 Å². The van der Waals surface area contributed by atoms with E-state index in [9.17, 15) is 19.1 Å². The zero-order chi connectivity index (χ0) is 26.1. The van der Waals surface area contributed by atoms with E-state index in [-0.39, 0.29) is 35.8 Å². The molecule has 7 nitrogen and oxygen atoms in total. The Bertz CT molecular complexity index is 1140. The van der Waals surface area contributed by atoms with Crippen LogP contribution in [0.2, 0.25) is 5.02 Å². The number of carbonyl (C=O) groups excluding carboxylic acids is 2. The Morgan fingerprint density at radius 1 is 0.972 bits per heavy atom. The lowest BCUT2D eigenvalue weighted by atomic mass is 9.60. The van der Waals surface area contributed by atoms with Crippen molar-refractivity contribution < 1.29 is 28.6 Å².